The Bertz CT molecular complexity index is 737. The van der Waals surface area contributed by atoms with Crippen LogP contribution in [0.4, 0.5) is 5.69 Å². The van der Waals surface area contributed by atoms with E-state index in [-0.39, 0.29) is 17.5 Å². The molecule has 6 heteroatoms. The minimum absolute atomic E-state index is 0.136. The Morgan fingerprint density at radius 1 is 1.16 bits per heavy atom. The van der Waals surface area contributed by atoms with E-state index in [1.165, 1.54) is 6.33 Å². The Kier molecular flexibility index (Phi) is 2.60. The van der Waals surface area contributed by atoms with Gasteiger partial charge in [-0.15, -0.1) is 0 Å². The molecule has 0 bridgehead atoms. The minimum atomic E-state index is -0.381. The summed E-state index contributed by atoms with van der Waals surface area (Å²) < 4.78 is 0. The Morgan fingerprint density at radius 2 is 1.95 bits per heavy atom. The second kappa shape index (κ2) is 4.41. The van der Waals surface area contributed by atoms with E-state index in [2.05, 4.69) is 20.5 Å². The Hall–Kier alpha value is -2.89. The molecule has 1 amide bonds. The molecular formula is C13H10N4O2. The van der Waals surface area contributed by atoms with Gasteiger partial charge in [0.1, 0.15) is 12.1 Å². The fraction of sp³-hybridized carbons (Fsp3) is 0. The van der Waals surface area contributed by atoms with E-state index in [9.17, 15) is 9.90 Å². The lowest BCUT2D eigenvalue weighted by Crippen LogP contribution is -2.13. The third-order valence-corrected chi connectivity index (χ3v) is 2.78. The summed E-state index contributed by atoms with van der Waals surface area (Å²) in [5.41, 5.74) is 0.606. The Labute approximate surface area is 108 Å². The van der Waals surface area contributed by atoms with E-state index < -0.39 is 0 Å². The molecule has 0 unspecified atom stereocenters. The molecule has 3 rings (SSSR count). The highest BCUT2D eigenvalue weighted by Gasteiger charge is 2.11. The molecule has 94 valence electrons. The zero-order valence-electron chi connectivity index (χ0n) is 9.79. The average molecular weight is 254 g/mol. The normalized spacial score (nSPS) is 10.5. The van der Waals surface area contributed by atoms with Crippen molar-refractivity contribution >= 4 is 22.4 Å². The quantitative estimate of drug-likeness (QED) is 0.651. The van der Waals surface area contributed by atoms with Crippen LogP contribution >= 0.6 is 0 Å². The highest BCUT2D eigenvalue weighted by Crippen LogP contribution is 2.29. The van der Waals surface area contributed by atoms with Crippen LogP contribution in [0.15, 0.2) is 42.7 Å². The number of rotatable bonds is 2. The maximum Gasteiger partial charge on any atom is 0.292 e. The number of benzene rings is 2. The number of H-pyrrole nitrogens is 1. The number of carbonyl (C=O) groups is 1. The van der Waals surface area contributed by atoms with Crippen molar-refractivity contribution < 1.29 is 9.90 Å². The summed E-state index contributed by atoms with van der Waals surface area (Å²) in [5, 5.41) is 20.1. The second-order valence-electron chi connectivity index (χ2n) is 3.97. The first-order valence-electron chi connectivity index (χ1n) is 5.63. The van der Waals surface area contributed by atoms with Gasteiger partial charge in [0.2, 0.25) is 5.82 Å². The van der Waals surface area contributed by atoms with Crippen molar-refractivity contribution in [2.24, 2.45) is 0 Å². The van der Waals surface area contributed by atoms with E-state index in [0.29, 0.717) is 11.1 Å². The molecular weight excluding hydrogens is 244 g/mol. The predicted molar refractivity (Wildman–Crippen MR) is 69.9 cm³/mol. The van der Waals surface area contributed by atoms with E-state index in [1.807, 2.05) is 6.07 Å². The summed E-state index contributed by atoms with van der Waals surface area (Å²) in [6, 6.07) is 10.5. The molecule has 0 aliphatic heterocycles. The van der Waals surface area contributed by atoms with Gasteiger partial charge in [-0.05, 0) is 12.1 Å². The lowest BCUT2D eigenvalue weighted by molar-refractivity contribution is 0.101. The van der Waals surface area contributed by atoms with Crippen LogP contribution in [-0.4, -0.2) is 26.2 Å². The zero-order valence-corrected chi connectivity index (χ0v) is 9.79. The molecule has 0 fully saturated rings. The molecule has 6 nitrogen and oxygen atoms in total. The molecule has 1 aromatic heterocycles. The molecule has 0 atom stereocenters. The standard InChI is InChI=1S/C13H10N4O2/c18-11-6-2-3-8-9(11)4-1-5-10(8)16-13(19)12-14-7-15-17-12/h1-7,18H,(H,16,19)(H,14,15,17). The van der Waals surface area contributed by atoms with Crippen molar-refractivity contribution in [3.05, 3.63) is 48.5 Å². The SMILES string of the molecule is O=C(Nc1cccc2c(O)cccc12)c1ncn[nH]1. The lowest BCUT2D eigenvalue weighted by Gasteiger charge is -2.08. The van der Waals surface area contributed by atoms with Crippen LogP contribution in [0.25, 0.3) is 10.8 Å². The summed E-state index contributed by atoms with van der Waals surface area (Å²) in [6.07, 6.45) is 1.27. The Morgan fingerprint density at radius 3 is 2.74 bits per heavy atom. The van der Waals surface area contributed by atoms with Crippen molar-refractivity contribution in [2.75, 3.05) is 5.32 Å². The van der Waals surface area contributed by atoms with Crippen molar-refractivity contribution in [3.8, 4) is 5.75 Å². The summed E-state index contributed by atoms with van der Waals surface area (Å²) in [5.74, 6) is -0.0706. The van der Waals surface area contributed by atoms with E-state index in [1.54, 1.807) is 30.3 Å². The number of anilines is 1. The third kappa shape index (κ3) is 1.99. The first kappa shape index (κ1) is 11.2. The van der Waals surface area contributed by atoms with E-state index in [4.69, 9.17) is 0 Å². The smallest absolute Gasteiger partial charge is 0.292 e. The maximum atomic E-state index is 11.9. The molecule has 19 heavy (non-hydrogen) atoms. The van der Waals surface area contributed by atoms with Crippen LogP contribution < -0.4 is 5.32 Å². The van der Waals surface area contributed by atoms with Gasteiger partial charge in [-0.25, -0.2) is 4.98 Å². The van der Waals surface area contributed by atoms with Gasteiger partial charge in [-0.3, -0.25) is 9.89 Å². The molecule has 2 aromatic carbocycles. The van der Waals surface area contributed by atoms with Gasteiger partial charge in [-0.1, -0.05) is 24.3 Å². The number of phenols is 1. The number of hydrogen-bond acceptors (Lipinski definition) is 4. The van der Waals surface area contributed by atoms with Gasteiger partial charge in [0.15, 0.2) is 0 Å². The minimum Gasteiger partial charge on any atom is -0.507 e. The van der Waals surface area contributed by atoms with Crippen molar-refractivity contribution in [2.45, 2.75) is 0 Å². The van der Waals surface area contributed by atoms with Gasteiger partial charge < -0.3 is 10.4 Å². The van der Waals surface area contributed by atoms with Gasteiger partial charge in [0, 0.05) is 16.5 Å². The first-order valence-corrected chi connectivity index (χ1v) is 5.63. The molecule has 3 N–H and O–H groups in total. The van der Waals surface area contributed by atoms with Gasteiger partial charge in [-0.2, -0.15) is 5.10 Å². The fourth-order valence-corrected chi connectivity index (χ4v) is 1.90. The molecule has 3 aromatic rings. The monoisotopic (exact) mass is 254 g/mol. The van der Waals surface area contributed by atoms with Crippen LogP contribution in [0.2, 0.25) is 0 Å². The summed E-state index contributed by atoms with van der Waals surface area (Å²) >= 11 is 0. The second-order valence-corrected chi connectivity index (χ2v) is 3.97. The number of phenolic OH excluding ortho intramolecular Hbond substituents is 1. The molecule has 0 spiro atoms. The number of aromatic nitrogens is 3. The number of hydrogen-bond donors (Lipinski definition) is 3. The molecule has 0 radical (unpaired) electrons. The summed E-state index contributed by atoms with van der Waals surface area (Å²) in [6.45, 7) is 0. The lowest BCUT2D eigenvalue weighted by atomic mass is 10.1. The van der Waals surface area contributed by atoms with Crippen molar-refractivity contribution in [3.63, 3.8) is 0 Å². The molecule has 0 aliphatic carbocycles. The number of nitrogens with zero attached hydrogens (tertiary/aromatic N) is 2. The highest BCUT2D eigenvalue weighted by molar-refractivity contribution is 6.08. The van der Waals surface area contributed by atoms with E-state index >= 15 is 0 Å². The van der Waals surface area contributed by atoms with Crippen molar-refractivity contribution in [1.82, 2.24) is 15.2 Å². The number of nitrogens with one attached hydrogen (secondary N) is 2. The Balaban J connectivity index is 2.02. The number of aromatic hydroxyl groups is 1. The molecule has 0 saturated heterocycles. The predicted octanol–water partition coefficient (Wildman–Crippen LogP) is 1.92. The van der Waals surface area contributed by atoms with Gasteiger partial charge in [0.25, 0.3) is 5.91 Å². The maximum absolute atomic E-state index is 11.9. The van der Waals surface area contributed by atoms with Crippen LogP contribution in [-0.2, 0) is 0 Å². The number of fused-ring (bicyclic) bond motifs is 1. The van der Waals surface area contributed by atoms with Crippen LogP contribution in [0, 0.1) is 0 Å². The van der Waals surface area contributed by atoms with Crippen LogP contribution in [0.5, 0.6) is 5.75 Å². The first-order chi connectivity index (χ1) is 9.25. The largest absolute Gasteiger partial charge is 0.507 e. The topological polar surface area (TPSA) is 90.9 Å². The summed E-state index contributed by atoms with van der Waals surface area (Å²) in [7, 11) is 0. The van der Waals surface area contributed by atoms with Crippen LogP contribution in [0.3, 0.4) is 0 Å². The fourth-order valence-electron chi connectivity index (χ4n) is 1.90. The number of aromatic amines is 1. The van der Waals surface area contributed by atoms with Gasteiger partial charge in [0.05, 0.1) is 0 Å². The molecule has 1 heterocycles. The molecule has 0 aliphatic rings. The number of amides is 1. The van der Waals surface area contributed by atoms with E-state index in [0.717, 1.165) is 5.39 Å². The number of carbonyl (C=O) groups excluding carboxylic acids is 1. The van der Waals surface area contributed by atoms with Gasteiger partial charge >= 0.3 is 0 Å². The summed E-state index contributed by atoms with van der Waals surface area (Å²) in [4.78, 5) is 15.7. The average Bonchev–Trinajstić information content (AvgIpc) is 2.94. The van der Waals surface area contributed by atoms with Crippen molar-refractivity contribution in [1.29, 1.82) is 0 Å². The van der Waals surface area contributed by atoms with Crippen LogP contribution in [0.1, 0.15) is 10.6 Å². The third-order valence-electron chi connectivity index (χ3n) is 2.78. The zero-order chi connectivity index (χ0) is 13.2. The highest BCUT2D eigenvalue weighted by atomic mass is 16.3. The molecule has 0 saturated carbocycles.